The molecule has 100 valence electrons. The molecule has 4 nitrogen and oxygen atoms in total. The van der Waals surface area contributed by atoms with Crippen molar-refractivity contribution in [1.29, 1.82) is 0 Å². The van der Waals surface area contributed by atoms with Crippen LogP contribution in [0.1, 0.15) is 25.7 Å². The molecule has 0 spiro atoms. The fourth-order valence-corrected chi connectivity index (χ4v) is 3.41. The summed E-state index contributed by atoms with van der Waals surface area (Å²) in [6.45, 7) is 4.80. The molecular weight excluding hydrogens is 214 g/mol. The average molecular weight is 241 g/mol. The lowest BCUT2D eigenvalue weighted by molar-refractivity contribution is -0.0531. The lowest BCUT2D eigenvalue weighted by Crippen LogP contribution is -2.61. The lowest BCUT2D eigenvalue weighted by Gasteiger charge is -2.47. The van der Waals surface area contributed by atoms with Crippen molar-refractivity contribution >= 4 is 0 Å². The van der Waals surface area contributed by atoms with Crippen molar-refractivity contribution in [1.82, 2.24) is 9.80 Å². The maximum Gasteiger partial charge on any atom is 0.0662 e. The van der Waals surface area contributed by atoms with Crippen LogP contribution in [0, 0.1) is 0 Å². The molecule has 2 fully saturated rings. The number of rotatable bonds is 4. The molecule has 4 heteroatoms. The van der Waals surface area contributed by atoms with Crippen LogP contribution in [0.5, 0.6) is 0 Å². The zero-order valence-corrected chi connectivity index (χ0v) is 11.3. The van der Waals surface area contributed by atoms with Gasteiger partial charge in [0.1, 0.15) is 0 Å². The summed E-state index contributed by atoms with van der Waals surface area (Å²) in [5.74, 6) is 0. The van der Waals surface area contributed by atoms with Gasteiger partial charge in [-0.15, -0.1) is 0 Å². The number of nitrogens with two attached hydrogens (primary N) is 1. The Labute approximate surface area is 105 Å². The fourth-order valence-electron chi connectivity index (χ4n) is 3.41. The Bertz CT molecular complexity index is 239. The van der Waals surface area contributed by atoms with E-state index in [0.29, 0.717) is 6.04 Å². The predicted molar refractivity (Wildman–Crippen MR) is 70.1 cm³/mol. The molecule has 2 N–H and O–H groups in total. The molecule has 2 aliphatic rings. The number of hydrogen-bond acceptors (Lipinski definition) is 4. The quantitative estimate of drug-likeness (QED) is 0.779. The Morgan fingerprint density at radius 3 is 2.82 bits per heavy atom. The summed E-state index contributed by atoms with van der Waals surface area (Å²) in [5.41, 5.74) is 6.20. The van der Waals surface area contributed by atoms with Crippen LogP contribution in [-0.2, 0) is 4.74 Å². The number of nitrogens with zero attached hydrogens (tertiary/aromatic N) is 2. The molecule has 2 unspecified atom stereocenters. The highest BCUT2D eigenvalue weighted by Gasteiger charge is 2.43. The topological polar surface area (TPSA) is 41.7 Å². The highest BCUT2D eigenvalue weighted by Crippen LogP contribution is 2.32. The van der Waals surface area contributed by atoms with E-state index in [0.717, 1.165) is 32.7 Å². The largest absolute Gasteiger partial charge is 0.379 e. The van der Waals surface area contributed by atoms with Crippen LogP contribution >= 0.6 is 0 Å². The van der Waals surface area contributed by atoms with E-state index in [1.54, 1.807) is 0 Å². The summed E-state index contributed by atoms with van der Waals surface area (Å²) in [5, 5.41) is 0. The summed E-state index contributed by atoms with van der Waals surface area (Å²) in [4.78, 5) is 4.93. The molecule has 2 saturated heterocycles. The number of likely N-dealkylation sites (N-methyl/N-ethyl adjacent to an activating group) is 1. The molecule has 0 saturated carbocycles. The second-order valence-corrected chi connectivity index (χ2v) is 5.84. The second-order valence-electron chi connectivity index (χ2n) is 5.84. The van der Waals surface area contributed by atoms with Crippen molar-refractivity contribution in [2.75, 3.05) is 46.9 Å². The van der Waals surface area contributed by atoms with Crippen molar-refractivity contribution < 1.29 is 4.74 Å². The molecule has 2 heterocycles. The van der Waals surface area contributed by atoms with E-state index in [-0.39, 0.29) is 5.54 Å². The van der Waals surface area contributed by atoms with Crippen LogP contribution in [0.2, 0.25) is 0 Å². The molecular formula is C13H27N3O. The first-order valence-corrected chi connectivity index (χ1v) is 6.87. The van der Waals surface area contributed by atoms with E-state index in [4.69, 9.17) is 10.5 Å². The van der Waals surface area contributed by atoms with Gasteiger partial charge < -0.3 is 15.4 Å². The summed E-state index contributed by atoms with van der Waals surface area (Å²) in [7, 11) is 4.31. The summed E-state index contributed by atoms with van der Waals surface area (Å²) >= 11 is 0. The third kappa shape index (κ3) is 2.81. The zero-order valence-electron chi connectivity index (χ0n) is 11.3. The van der Waals surface area contributed by atoms with Crippen molar-refractivity contribution in [3.8, 4) is 0 Å². The molecule has 17 heavy (non-hydrogen) atoms. The minimum atomic E-state index is 0.120. The number of likely N-dealkylation sites (tertiary alicyclic amines) is 1. The molecule has 0 radical (unpaired) electrons. The molecule has 0 aromatic heterocycles. The fraction of sp³-hybridized carbons (Fsp3) is 1.00. The van der Waals surface area contributed by atoms with Gasteiger partial charge in [-0.25, -0.2) is 0 Å². The normalized spacial score (nSPS) is 35.6. The Morgan fingerprint density at radius 2 is 2.24 bits per heavy atom. The van der Waals surface area contributed by atoms with Gasteiger partial charge in [-0.1, -0.05) is 0 Å². The maximum absolute atomic E-state index is 6.08. The minimum absolute atomic E-state index is 0.120. The summed E-state index contributed by atoms with van der Waals surface area (Å²) in [6, 6.07) is 0.662. The Morgan fingerprint density at radius 1 is 1.41 bits per heavy atom. The first-order chi connectivity index (χ1) is 8.18. The molecule has 0 aromatic carbocycles. The van der Waals surface area contributed by atoms with Crippen LogP contribution in [0.15, 0.2) is 0 Å². The molecule has 0 aliphatic carbocycles. The Kier molecular flexibility index (Phi) is 4.42. The Hall–Kier alpha value is -0.160. The maximum atomic E-state index is 6.08. The van der Waals surface area contributed by atoms with Gasteiger partial charge in [0.05, 0.1) is 12.1 Å². The molecule has 2 aliphatic heterocycles. The smallest absolute Gasteiger partial charge is 0.0662 e. The number of hydrogen-bond donors (Lipinski definition) is 1. The SMILES string of the molecule is CN(C)CC1CCCN1C1(CN)CCCOC1. The average Bonchev–Trinajstić information content (AvgIpc) is 2.78. The van der Waals surface area contributed by atoms with Crippen molar-refractivity contribution in [2.45, 2.75) is 37.3 Å². The zero-order chi connectivity index (χ0) is 12.3. The van der Waals surface area contributed by atoms with Crippen LogP contribution in [0.25, 0.3) is 0 Å². The van der Waals surface area contributed by atoms with Gasteiger partial charge in [0.25, 0.3) is 0 Å². The van der Waals surface area contributed by atoms with Crippen LogP contribution in [0.3, 0.4) is 0 Å². The van der Waals surface area contributed by atoms with Gasteiger partial charge in [0.2, 0.25) is 0 Å². The van der Waals surface area contributed by atoms with Gasteiger partial charge in [-0.05, 0) is 46.3 Å². The van der Waals surface area contributed by atoms with E-state index in [1.165, 1.54) is 25.8 Å². The van der Waals surface area contributed by atoms with Gasteiger partial charge >= 0.3 is 0 Å². The van der Waals surface area contributed by atoms with Crippen LogP contribution in [0.4, 0.5) is 0 Å². The Balaban J connectivity index is 2.06. The van der Waals surface area contributed by atoms with Gasteiger partial charge in [-0.2, -0.15) is 0 Å². The van der Waals surface area contributed by atoms with E-state index < -0.39 is 0 Å². The lowest BCUT2D eigenvalue weighted by atomic mass is 9.89. The van der Waals surface area contributed by atoms with E-state index in [1.807, 2.05) is 0 Å². The predicted octanol–water partition coefficient (Wildman–Crippen LogP) is 0.520. The molecule has 2 atom stereocenters. The van der Waals surface area contributed by atoms with Gasteiger partial charge in [0.15, 0.2) is 0 Å². The summed E-state index contributed by atoms with van der Waals surface area (Å²) in [6.07, 6.45) is 4.97. The van der Waals surface area contributed by atoms with Gasteiger partial charge in [0, 0.05) is 25.7 Å². The summed E-state index contributed by atoms with van der Waals surface area (Å²) < 4.78 is 5.71. The van der Waals surface area contributed by atoms with Gasteiger partial charge in [-0.3, -0.25) is 4.90 Å². The highest BCUT2D eigenvalue weighted by molar-refractivity contribution is 4.99. The van der Waals surface area contributed by atoms with E-state index >= 15 is 0 Å². The third-order valence-corrected chi connectivity index (χ3v) is 4.24. The standard InChI is InChI=1S/C13H27N3O/c1-15(2)9-12-5-3-7-16(12)13(10-14)6-4-8-17-11-13/h12H,3-11,14H2,1-2H3. The first kappa shape index (κ1) is 13.3. The first-order valence-electron chi connectivity index (χ1n) is 6.87. The van der Waals surface area contributed by atoms with Crippen molar-refractivity contribution in [2.24, 2.45) is 5.73 Å². The third-order valence-electron chi connectivity index (χ3n) is 4.24. The monoisotopic (exact) mass is 241 g/mol. The molecule has 0 aromatic rings. The molecule has 0 bridgehead atoms. The van der Waals surface area contributed by atoms with Crippen LogP contribution < -0.4 is 5.73 Å². The van der Waals surface area contributed by atoms with Crippen LogP contribution in [-0.4, -0.2) is 68.3 Å². The molecule has 0 amide bonds. The van der Waals surface area contributed by atoms with Crippen molar-refractivity contribution in [3.05, 3.63) is 0 Å². The highest BCUT2D eigenvalue weighted by atomic mass is 16.5. The van der Waals surface area contributed by atoms with E-state index in [9.17, 15) is 0 Å². The van der Waals surface area contributed by atoms with Crippen molar-refractivity contribution in [3.63, 3.8) is 0 Å². The minimum Gasteiger partial charge on any atom is -0.379 e. The second kappa shape index (κ2) is 5.65. The van der Waals surface area contributed by atoms with E-state index in [2.05, 4.69) is 23.9 Å². The molecule has 2 rings (SSSR count). The number of ether oxygens (including phenoxy) is 1.